The number of pyridine rings is 1. The molecule has 2 heterocycles. The summed E-state index contributed by atoms with van der Waals surface area (Å²) < 4.78 is 7.63. The normalized spacial score (nSPS) is 10.4. The highest BCUT2D eigenvalue weighted by atomic mass is 16.5. The summed E-state index contributed by atoms with van der Waals surface area (Å²) >= 11 is 0. The second-order valence-electron chi connectivity index (χ2n) is 4.58. The highest BCUT2D eigenvalue weighted by Gasteiger charge is 2.09. The first-order valence-corrected chi connectivity index (χ1v) is 6.15. The lowest BCUT2D eigenvalue weighted by Crippen LogP contribution is -1.91. The number of phenols is 1. The second kappa shape index (κ2) is 4.63. The van der Waals surface area contributed by atoms with Crippen LogP contribution in [0.2, 0.25) is 0 Å². The van der Waals surface area contributed by atoms with Gasteiger partial charge in [0.25, 0.3) is 0 Å². The number of aryl methyl sites for hydroxylation is 1. The van der Waals surface area contributed by atoms with E-state index in [0.717, 1.165) is 11.1 Å². The Hall–Kier alpha value is -2.93. The Morgan fingerprint density at radius 3 is 2.70 bits per heavy atom. The monoisotopic (exact) mass is 264 g/mol. The van der Waals surface area contributed by atoms with Gasteiger partial charge in [-0.25, -0.2) is 0 Å². The van der Waals surface area contributed by atoms with Gasteiger partial charge in [-0.1, -0.05) is 12.1 Å². The van der Waals surface area contributed by atoms with E-state index in [2.05, 4.69) is 6.07 Å². The van der Waals surface area contributed by atoms with Crippen LogP contribution in [0, 0.1) is 18.3 Å². The fraction of sp³-hybridized carbons (Fsp3) is 0.0625. The van der Waals surface area contributed by atoms with Crippen LogP contribution in [0.15, 0.2) is 48.8 Å². The van der Waals surface area contributed by atoms with E-state index in [1.165, 1.54) is 0 Å². The average Bonchev–Trinajstić information content (AvgIpc) is 2.84. The number of para-hydroxylation sites is 2. The zero-order valence-electron chi connectivity index (χ0n) is 10.9. The fourth-order valence-electron chi connectivity index (χ4n) is 2.13. The Morgan fingerprint density at radius 2 is 1.95 bits per heavy atom. The molecule has 0 amide bonds. The minimum atomic E-state index is 0.0826. The topological polar surface area (TPSA) is 57.7 Å². The molecule has 0 saturated heterocycles. The lowest BCUT2D eigenvalue weighted by atomic mass is 10.2. The van der Waals surface area contributed by atoms with Gasteiger partial charge in [-0.3, -0.25) is 0 Å². The summed E-state index contributed by atoms with van der Waals surface area (Å²) in [5.41, 5.74) is 2.36. The summed E-state index contributed by atoms with van der Waals surface area (Å²) in [5, 5.41) is 18.8. The van der Waals surface area contributed by atoms with Crippen molar-refractivity contribution in [3.05, 3.63) is 59.9 Å². The van der Waals surface area contributed by atoms with Crippen molar-refractivity contribution in [2.45, 2.75) is 6.92 Å². The quantitative estimate of drug-likeness (QED) is 0.769. The predicted octanol–water partition coefficient (Wildman–Crippen LogP) is 3.62. The van der Waals surface area contributed by atoms with Crippen LogP contribution in [-0.2, 0) is 0 Å². The zero-order chi connectivity index (χ0) is 14.1. The van der Waals surface area contributed by atoms with E-state index in [0.29, 0.717) is 17.1 Å². The van der Waals surface area contributed by atoms with Gasteiger partial charge in [0.2, 0.25) is 0 Å². The number of nitriles is 1. The van der Waals surface area contributed by atoms with Gasteiger partial charge in [-0.15, -0.1) is 0 Å². The van der Waals surface area contributed by atoms with Gasteiger partial charge in [0, 0.05) is 12.4 Å². The number of phenolic OH excluding ortho intramolecular Hbond substituents is 1. The van der Waals surface area contributed by atoms with Crippen molar-refractivity contribution in [1.29, 1.82) is 5.26 Å². The molecule has 2 aromatic heterocycles. The largest absolute Gasteiger partial charge is 0.504 e. The molecule has 4 nitrogen and oxygen atoms in total. The highest BCUT2D eigenvalue weighted by Crippen LogP contribution is 2.33. The lowest BCUT2D eigenvalue weighted by molar-refractivity contribution is 0.412. The van der Waals surface area contributed by atoms with Crippen molar-refractivity contribution in [2.24, 2.45) is 0 Å². The van der Waals surface area contributed by atoms with Crippen LogP contribution in [0.25, 0.3) is 5.52 Å². The van der Waals surface area contributed by atoms with Crippen molar-refractivity contribution < 1.29 is 9.84 Å². The first-order chi connectivity index (χ1) is 9.67. The molecule has 0 aliphatic heterocycles. The third-order valence-corrected chi connectivity index (χ3v) is 3.02. The molecule has 1 N–H and O–H groups in total. The highest BCUT2D eigenvalue weighted by molar-refractivity contribution is 5.65. The number of aromatic nitrogens is 1. The smallest absolute Gasteiger partial charge is 0.169 e. The molecule has 4 heteroatoms. The van der Waals surface area contributed by atoms with Crippen LogP contribution < -0.4 is 4.74 Å². The molecular weight excluding hydrogens is 252 g/mol. The van der Waals surface area contributed by atoms with Crippen molar-refractivity contribution in [3.8, 4) is 23.3 Å². The summed E-state index contributed by atoms with van der Waals surface area (Å²) in [6.45, 7) is 1.95. The van der Waals surface area contributed by atoms with Gasteiger partial charge in [-0.2, -0.15) is 5.26 Å². The number of hydrogen-bond acceptors (Lipinski definition) is 3. The van der Waals surface area contributed by atoms with E-state index in [1.807, 2.05) is 23.6 Å². The van der Waals surface area contributed by atoms with Crippen molar-refractivity contribution in [1.82, 2.24) is 4.40 Å². The number of rotatable bonds is 2. The van der Waals surface area contributed by atoms with Crippen LogP contribution >= 0.6 is 0 Å². The van der Waals surface area contributed by atoms with Gasteiger partial charge in [0.1, 0.15) is 6.07 Å². The average molecular weight is 264 g/mol. The first-order valence-electron chi connectivity index (χ1n) is 6.15. The SMILES string of the molecule is Cc1cc(Oc2ccccc2O)c2cc(C#N)cn2c1. The third-order valence-electron chi connectivity index (χ3n) is 3.02. The zero-order valence-corrected chi connectivity index (χ0v) is 10.9. The van der Waals surface area contributed by atoms with E-state index in [1.54, 1.807) is 36.5 Å². The number of aromatic hydroxyl groups is 1. The van der Waals surface area contributed by atoms with Gasteiger partial charge >= 0.3 is 0 Å². The van der Waals surface area contributed by atoms with Gasteiger partial charge < -0.3 is 14.2 Å². The molecule has 0 saturated carbocycles. The predicted molar refractivity (Wildman–Crippen MR) is 75.0 cm³/mol. The van der Waals surface area contributed by atoms with E-state index in [-0.39, 0.29) is 5.75 Å². The minimum absolute atomic E-state index is 0.0826. The van der Waals surface area contributed by atoms with Crippen molar-refractivity contribution in [2.75, 3.05) is 0 Å². The number of ether oxygens (including phenoxy) is 1. The summed E-state index contributed by atoms with van der Waals surface area (Å²) in [6, 6.07) is 12.5. The molecule has 0 spiro atoms. The molecule has 0 fully saturated rings. The minimum Gasteiger partial charge on any atom is -0.504 e. The Morgan fingerprint density at radius 1 is 1.15 bits per heavy atom. The maximum Gasteiger partial charge on any atom is 0.169 e. The van der Waals surface area contributed by atoms with Crippen molar-refractivity contribution in [3.63, 3.8) is 0 Å². The Bertz CT molecular complexity index is 828. The number of benzene rings is 1. The molecule has 1 aromatic carbocycles. The standard InChI is InChI=1S/C16H12N2O2/c1-11-6-16(20-15-5-3-2-4-14(15)19)13-7-12(8-17)10-18(13)9-11/h2-7,9-10,19H,1H3. The fourth-order valence-corrected chi connectivity index (χ4v) is 2.13. The van der Waals surface area contributed by atoms with E-state index in [9.17, 15) is 5.11 Å². The molecule has 20 heavy (non-hydrogen) atoms. The van der Waals surface area contributed by atoms with Crippen LogP contribution in [0.5, 0.6) is 17.2 Å². The molecule has 98 valence electrons. The molecule has 0 unspecified atom stereocenters. The van der Waals surface area contributed by atoms with Gasteiger partial charge in [0.05, 0.1) is 11.1 Å². The molecule has 0 aliphatic carbocycles. The van der Waals surface area contributed by atoms with Crippen LogP contribution in [0.4, 0.5) is 0 Å². The maximum absolute atomic E-state index is 9.78. The Balaban J connectivity index is 2.14. The lowest BCUT2D eigenvalue weighted by Gasteiger charge is -2.10. The van der Waals surface area contributed by atoms with Crippen LogP contribution in [0.1, 0.15) is 11.1 Å². The molecule has 0 bridgehead atoms. The molecule has 0 radical (unpaired) electrons. The summed E-state index contributed by atoms with van der Waals surface area (Å²) in [7, 11) is 0. The summed E-state index contributed by atoms with van der Waals surface area (Å²) in [4.78, 5) is 0. The van der Waals surface area contributed by atoms with Gasteiger partial charge in [-0.05, 0) is 36.8 Å². The van der Waals surface area contributed by atoms with Crippen LogP contribution in [0.3, 0.4) is 0 Å². The third kappa shape index (κ3) is 2.06. The molecule has 3 aromatic rings. The number of hydrogen-bond donors (Lipinski definition) is 1. The van der Waals surface area contributed by atoms with E-state index >= 15 is 0 Å². The van der Waals surface area contributed by atoms with E-state index in [4.69, 9.17) is 10.00 Å². The number of nitrogens with zero attached hydrogens (tertiary/aromatic N) is 2. The first kappa shape index (κ1) is 12.1. The maximum atomic E-state index is 9.78. The Kier molecular flexibility index (Phi) is 2.81. The van der Waals surface area contributed by atoms with E-state index < -0.39 is 0 Å². The Labute approximate surface area is 116 Å². The van der Waals surface area contributed by atoms with Gasteiger partial charge in [0.15, 0.2) is 17.2 Å². The molecule has 3 rings (SSSR count). The number of fused-ring (bicyclic) bond motifs is 1. The van der Waals surface area contributed by atoms with Crippen LogP contribution in [-0.4, -0.2) is 9.51 Å². The van der Waals surface area contributed by atoms with Crippen molar-refractivity contribution >= 4 is 5.52 Å². The molecule has 0 aliphatic rings. The summed E-state index contributed by atoms with van der Waals surface area (Å²) in [5.74, 6) is 1.08. The summed E-state index contributed by atoms with van der Waals surface area (Å²) in [6.07, 6.45) is 3.67. The molecular formula is C16H12N2O2. The second-order valence-corrected chi connectivity index (χ2v) is 4.58. The molecule has 0 atom stereocenters.